The summed E-state index contributed by atoms with van der Waals surface area (Å²) in [5.74, 6) is 7.54. The summed E-state index contributed by atoms with van der Waals surface area (Å²) in [6.07, 6.45) is 4.50. The second-order valence-electron chi connectivity index (χ2n) is 14.5. The molecule has 2 aromatic carbocycles. The molecule has 0 radical (unpaired) electrons. The van der Waals surface area contributed by atoms with E-state index in [2.05, 4.69) is 69.3 Å². The number of benzene rings is 2. The molecular weight excluding hydrogens is 697 g/mol. The zero-order valence-electron chi connectivity index (χ0n) is 32.5. The lowest BCUT2D eigenvalue weighted by Crippen LogP contribution is -2.51. The first-order chi connectivity index (χ1) is 26.0. The van der Waals surface area contributed by atoms with E-state index in [0.29, 0.717) is 18.1 Å². The van der Waals surface area contributed by atoms with Crippen LogP contribution in [-0.4, -0.2) is 89.2 Å². The normalized spacial score (nSPS) is 15.8. The number of aromatic amines is 2. The summed E-state index contributed by atoms with van der Waals surface area (Å²) in [5, 5.41) is 6.04. The molecule has 0 saturated carbocycles. The van der Waals surface area contributed by atoms with Gasteiger partial charge in [-0.05, 0) is 67.1 Å². The SMILES string of the molecule is CCN(CC)[C@H](C(=O)N[C@@H](C[SiH](C)C)c1ncc(-c2ccc(C#Cc3cnc([C@@H]4CCCN4C(=O)[C@@H](NC(=O)OC)C(C)C)[nH]3)cc2)[nH]1)c1ccccc1. The smallest absolute Gasteiger partial charge is 0.407 e. The molecule has 5 rings (SSSR count). The van der Waals surface area contributed by atoms with Crippen molar-refractivity contribution < 1.29 is 19.1 Å². The molecule has 3 heterocycles. The van der Waals surface area contributed by atoms with Gasteiger partial charge in [0, 0.05) is 20.9 Å². The molecule has 0 spiro atoms. The average Bonchev–Trinajstić information content (AvgIpc) is 3.96. The predicted molar refractivity (Wildman–Crippen MR) is 213 cm³/mol. The standard InChI is InChI=1S/C41H54N8O4Si/c1-8-48(9-2)36(30-14-11-10-12-15-30)39(50)46-33(26-54(6)7)37-43-25-32(45-37)29-20-17-28(18-21-29)19-22-31-24-42-38(44-31)34-16-13-23-49(34)40(51)35(27(3)4)47-41(52)53-5/h10-12,14-15,17-18,20-21,24-25,27,33-36,54H,8-9,13,16,23,26H2,1-7H3,(H,42,44)(H,43,45)(H,46,50)(H,47,52)/t33-,34-,35-,36-/m0/s1. The Kier molecular flexibility index (Phi) is 13.9. The van der Waals surface area contributed by atoms with Gasteiger partial charge in [-0.15, -0.1) is 0 Å². The number of nitrogens with one attached hydrogen (secondary N) is 4. The molecule has 1 saturated heterocycles. The number of ether oxygens (including phenoxy) is 1. The van der Waals surface area contributed by atoms with Crippen molar-refractivity contribution in [3.05, 3.63) is 95.5 Å². The third-order valence-corrected chi connectivity index (χ3v) is 11.3. The molecule has 0 aliphatic carbocycles. The maximum absolute atomic E-state index is 13.9. The second kappa shape index (κ2) is 18.7. The van der Waals surface area contributed by atoms with Gasteiger partial charge in [-0.3, -0.25) is 14.5 Å². The quantitative estimate of drug-likeness (QED) is 0.0917. The number of nitrogens with zero attached hydrogens (tertiary/aromatic N) is 4. The van der Waals surface area contributed by atoms with E-state index in [0.717, 1.165) is 60.2 Å². The van der Waals surface area contributed by atoms with E-state index in [4.69, 9.17) is 9.72 Å². The fourth-order valence-corrected chi connectivity index (χ4v) is 8.29. The highest BCUT2D eigenvalue weighted by atomic mass is 28.3. The molecule has 286 valence electrons. The molecule has 13 heteroatoms. The minimum absolute atomic E-state index is 0.0171. The van der Waals surface area contributed by atoms with Gasteiger partial charge >= 0.3 is 6.09 Å². The summed E-state index contributed by atoms with van der Waals surface area (Å²) < 4.78 is 4.74. The highest BCUT2D eigenvalue weighted by Crippen LogP contribution is 2.32. The lowest BCUT2D eigenvalue weighted by atomic mass is 10.0. The fourth-order valence-electron chi connectivity index (χ4n) is 7.01. The topological polar surface area (TPSA) is 148 Å². The second-order valence-corrected chi connectivity index (χ2v) is 17.7. The van der Waals surface area contributed by atoms with Crippen molar-refractivity contribution in [1.29, 1.82) is 0 Å². The van der Waals surface area contributed by atoms with Crippen molar-refractivity contribution in [2.45, 2.75) is 83.8 Å². The van der Waals surface area contributed by atoms with Crippen LogP contribution in [0.2, 0.25) is 19.1 Å². The zero-order chi connectivity index (χ0) is 38.8. The number of aromatic nitrogens is 4. The van der Waals surface area contributed by atoms with Crippen LogP contribution in [-0.2, 0) is 14.3 Å². The first-order valence-corrected chi connectivity index (χ1v) is 22.1. The highest BCUT2D eigenvalue weighted by Gasteiger charge is 2.37. The molecule has 2 aromatic heterocycles. The van der Waals surface area contributed by atoms with Gasteiger partial charge in [0.15, 0.2) is 0 Å². The summed E-state index contributed by atoms with van der Waals surface area (Å²) in [7, 11) is 0.206. The van der Waals surface area contributed by atoms with Crippen LogP contribution in [0.15, 0.2) is 67.0 Å². The largest absolute Gasteiger partial charge is 0.453 e. The van der Waals surface area contributed by atoms with Crippen LogP contribution < -0.4 is 10.6 Å². The number of likely N-dealkylation sites (N-methyl/N-ethyl adjacent to an activating group) is 1. The molecule has 4 N–H and O–H groups in total. The minimum Gasteiger partial charge on any atom is -0.453 e. The Hall–Kier alpha value is -5.19. The van der Waals surface area contributed by atoms with Crippen LogP contribution in [0.1, 0.15) is 87.1 Å². The minimum atomic E-state index is -1.08. The molecule has 54 heavy (non-hydrogen) atoms. The van der Waals surface area contributed by atoms with Gasteiger partial charge in [-0.2, -0.15) is 0 Å². The lowest BCUT2D eigenvalue weighted by molar-refractivity contribution is -0.135. The summed E-state index contributed by atoms with van der Waals surface area (Å²) in [6, 6.07) is 17.3. The number of likely N-dealkylation sites (tertiary alicyclic amines) is 1. The number of rotatable bonds is 14. The van der Waals surface area contributed by atoms with Gasteiger partial charge in [-0.1, -0.05) is 89.2 Å². The number of carbonyl (C=O) groups is 3. The van der Waals surface area contributed by atoms with Crippen LogP contribution >= 0.6 is 0 Å². The Bertz CT molecular complexity index is 1910. The van der Waals surface area contributed by atoms with Crippen LogP contribution in [0.4, 0.5) is 4.79 Å². The number of amides is 3. The van der Waals surface area contributed by atoms with Gasteiger partial charge in [0.1, 0.15) is 29.4 Å². The highest BCUT2D eigenvalue weighted by molar-refractivity contribution is 6.55. The van der Waals surface area contributed by atoms with Gasteiger partial charge in [-0.25, -0.2) is 14.8 Å². The summed E-state index contributed by atoms with van der Waals surface area (Å²) >= 11 is 0. The van der Waals surface area contributed by atoms with Crippen molar-refractivity contribution in [1.82, 2.24) is 40.4 Å². The van der Waals surface area contributed by atoms with E-state index in [-0.39, 0.29) is 35.9 Å². The van der Waals surface area contributed by atoms with Crippen molar-refractivity contribution in [3.63, 3.8) is 0 Å². The van der Waals surface area contributed by atoms with E-state index in [9.17, 15) is 14.4 Å². The zero-order valence-corrected chi connectivity index (χ0v) is 33.6. The predicted octanol–water partition coefficient (Wildman–Crippen LogP) is 5.97. The number of H-pyrrole nitrogens is 2. The van der Waals surface area contributed by atoms with E-state index in [1.807, 2.05) is 74.6 Å². The third-order valence-electron chi connectivity index (χ3n) is 9.87. The lowest BCUT2D eigenvalue weighted by Gasteiger charge is -2.30. The van der Waals surface area contributed by atoms with Gasteiger partial charge in [0.05, 0.1) is 37.3 Å². The van der Waals surface area contributed by atoms with Gasteiger partial charge in [0.25, 0.3) is 0 Å². The molecule has 3 amide bonds. The molecular formula is C41H54N8O4Si. The summed E-state index contributed by atoms with van der Waals surface area (Å²) in [6.45, 7) is 14.6. The van der Waals surface area contributed by atoms with Crippen molar-refractivity contribution in [2.75, 3.05) is 26.7 Å². The molecule has 0 unspecified atom stereocenters. The maximum atomic E-state index is 13.9. The Morgan fingerprint density at radius 2 is 1.70 bits per heavy atom. The third kappa shape index (κ3) is 9.86. The van der Waals surface area contributed by atoms with Crippen LogP contribution in [0.25, 0.3) is 11.3 Å². The number of alkyl carbamates (subject to hydrolysis) is 1. The van der Waals surface area contributed by atoms with Gasteiger partial charge in [0.2, 0.25) is 11.8 Å². The molecule has 0 bridgehead atoms. The number of methoxy groups -OCH3 is 1. The molecule has 1 aliphatic heterocycles. The molecule has 12 nitrogen and oxygen atoms in total. The van der Waals surface area contributed by atoms with Crippen molar-refractivity contribution in [2.24, 2.45) is 5.92 Å². The molecule has 1 aliphatic rings. The van der Waals surface area contributed by atoms with Crippen molar-refractivity contribution >= 4 is 26.7 Å². The fraction of sp³-hybridized carbons (Fsp3) is 0.439. The van der Waals surface area contributed by atoms with Gasteiger partial charge < -0.3 is 30.2 Å². The Morgan fingerprint density at radius 3 is 2.35 bits per heavy atom. The van der Waals surface area contributed by atoms with Crippen LogP contribution in [0.3, 0.4) is 0 Å². The number of hydrogen-bond acceptors (Lipinski definition) is 7. The number of carbonyl (C=O) groups excluding carboxylic acids is 3. The van der Waals surface area contributed by atoms with Crippen LogP contribution in [0.5, 0.6) is 0 Å². The Balaban J connectivity index is 1.26. The van der Waals surface area contributed by atoms with Crippen LogP contribution in [0, 0.1) is 17.8 Å². The average molecular weight is 751 g/mol. The molecule has 4 aromatic rings. The Labute approximate surface area is 320 Å². The number of hydrogen-bond donors (Lipinski definition) is 4. The summed E-state index contributed by atoms with van der Waals surface area (Å²) in [5.41, 5.74) is 4.30. The van der Waals surface area contributed by atoms with E-state index >= 15 is 0 Å². The van der Waals surface area contributed by atoms with E-state index in [1.165, 1.54) is 7.11 Å². The van der Waals surface area contributed by atoms with Crippen molar-refractivity contribution in [3.8, 4) is 23.1 Å². The summed E-state index contributed by atoms with van der Waals surface area (Å²) in [4.78, 5) is 59.4. The number of imidazole rings is 2. The Morgan fingerprint density at radius 1 is 0.981 bits per heavy atom. The first-order valence-electron chi connectivity index (χ1n) is 19.0. The van der Waals surface area contributed by atoms with E-state index < -0.39 is 20.9 Å². The van der Waals surface area contributed by atoms with E-state index in [1.54, 1.807) is 11.1 Å². The first kappa shape index (κ1) is 40.0. The monoisotopic (exact) mass is 750 g/mol. The molecule has 4 atom stereocenters. The maximum Gasteiger partial charge on any atom is 0.407 e. The molecule has 1 fully saturated rings.